The van der Waals surface area contributed by atoms with Crippen molar-refractivity contribution in [3.8, 4) is 5.75 Å². The van der Waals surface area contributed by atoms with Crippen molar-refractivity contribution < 1.29 is 43.6 Å². The van der Waals surface area contributed by atoms with Crippen LogP contribution in [0.4, 0.5) is 0 Å². The minimum atomic E-state index is -1.48. The summed E-state index contributed by atoms with van der Waals surface area (Å²) < 4.78 is 19.9. The van der Waals surface area contributed by atoms with Crippen molar-refractivity contribution in [2.75, 3.05) is 20.2 Å². The van der Waals surface area contributed by atoms with Crippen molar-refractivity contribution in [1.82, 2.24) is 15.3 Å². The van der Waals surface area contributed by atoms with Crippen LogP contribution in [0.5, 0.6) is 5.75 Å². The zero-order valence-corrected chi connectivity index (χ0v) is 32.2. The van der Waals surface area contributed by atoms with Crippen molar-refractivity contribution in [3.05, 3.63) is 143 Å². The molecule has 0 aromatic heterocycles. The normalized spacial score (nSPS) is 26.9. The maximum absolute atomic E-state index is 15.5. The predicted octanol–water partition coefficient (Wildman–Crippen LogP) is 3.91. The molecule has 1 spiro atoms. The van der Waals surface area contributed by atoms with Gasteiger partial charge in [-0.2, -0.15) is 5.06 Å². The number of esters is 1. The van der Waals surface area contributed by atoms with E-state index in [9.17, 15) is 19.8 Å². The lowest BCUT2D eigenvalue weighted by atomic mass is 9.62. The highest BCUT2D eigenvalue weighted by atomic mass is 16.8. The van der Waals surface area contributed by atoms with Gasteiger partial charge in [0.2, 0.25) is 11.8 Å². The van der Waals surface area contributed by atoms with Gasteiger partial charge in [0.1, 0.15) is 41.6 Å². The van der Waals surface area contributed by atoms with Crippen LogP contribution in [0, 0.1) is 5.41 Å². The third-order valence-corrected chi connectivity index (χ3v) is 12.4. The van der Waals surface area contributed by atoms with E-state index in [0.717, 1.165) is 33.4 Å². The molecule has 0 radical (unpaired) electrons. The topological polar surface area (TPSA) is 147 Å². The van der Waals surface area contributed by atoms with E-state index in [1.54, 1.807) is 24.2 Å². The first-order chi connectivity index (χ1) is 28.2. The second-order valence-corrected chi connectivity index (χ2v) is 16.0. The van der Waals surface area contributed by atoms with Crippen LogP contribution in [-0.4, -0.2) is 100 Å². The van der Waals surface area contributed by atoms with Crippen LogP contribution in [0.25, 0.3) is 6.08 Å². The van der Waals surface area contributed by atoms with E-state index in [1.807, 2.05) is 91.0 Å². The zero-order valence-electron chi connectivity index (χ0n) is 32.2. The van der Waals surface area contributed by atoms with Gasteiger partial charge in [-0.1, -0.05) is 109 Å². The van der Waals surface area contributed by atoms with Gasteiger partial charge >= 0.3 is 5.97 Å². The van der Waals surface area contributed by atoms with Gasteiger partial charge in [0.05, 0.1) is 13.2 Å². The molecule has 300 valence electrons. The van der Waals surface area contributed by atoms with Crippen LogP contribution in [0.2, 0.25) is 0 Å². The minimum Gasteiger partial charge on any atom is -0.508 e. The number of hydrogen-bond donors (Lipinski definition) is 3. The van der Waals surface area contributed by atoms with Crippen LogP contribution in [0.1, 0.15) is 39.8 Å². The van der Waals surface area contributed by atoms with Crippen LogP contribution in [0.3, 0.4) is 0 Å². The Bertz CT molecular complexity index is 2190. The quantitative estimate of drug-likeness (QED) is 0.181. The first-order valence-corrected chi connectivity index (χ1v) is 20.0. The molecule has 2 amide bonds. The molecule has 58 heavy (non-hydrogen) atoms. The maximum Gasteiger partial charge on any atom is 0.327 e. The lowest BCUT2D eigenvalue weighted by Crippen LogP contribution is -2.70. The summed E-state index contributed by atoms with van der Waals surface area (Å²) in [6.45, 7) is -0.0628. The number of allylic oxidation sites excluding steroid dienone is 1. The van der Waals surface area contributed by atoms with E-state index in [-0.39, 0.29) is 38.3 Å². The fraction of sp³-hybridized carbons (Fsp3) is 0.370. The van der Waals surface area contributed by atoms with Crippen molar-refractivity contribution in [2.45, 2.75) is 80.9 Å². The number of hydroxylamine groups is 2. The Hall–Kier alpha value is -5.37. The average molecular weight is 786 g/mol. The van der Waals surface area contributed by atoms with Crippen LogP contribution in [-0.2, 0) is 65.7 Å². The SMILES string of the molecule is CN(C(=O)[C@@]12C[C@H]3OC(=O)[C@@H]1N(Cc1ccc(C=CCc4ccccc4O)cc1)O[C@@H]2[C@H]1OC2(Cc4ccccc4C2)O[C@H]13)[C@H](Cc1ccccc1)C(=O)NCCO. The van der Waals surface area contributed by atoms with Gasteiger partial charge < -0.3 is 34.6 Å². The molecular formula is C46H47N3O9. The third-order valence-electron chi connectivity index (χ3n) is 12.4. The summed E-state index contributed by atoms with van der Waals surface area (Å²) in [5, 5.41) is 24.0. The standard InChI is InChI=1S/C46H47N3O9/c1-48(35(42(52)47-22-23-50)24-30-10-3-2-4-11-30)44(54)46-27-37-38-39(57-45(56-38)25-33-14-5-6-15-34(33)26-45)41(46)58-49(40(46)43(53)55-37)28-31-20-18-29(19-21-31)12-9-16-32-13-7-8-17-36(32)51/h2-15,17-21,35,37-41,50-51H,16,22-28H2,1H3,(H,47,52)/t35-,37-,38+,39+,40+,41-,46+/m1/s1. The molecule has 2 bridgehead atoms. The monoisotopic (exact) mass is 785 g/mol. The molecule has 3 aliphatic heterocycles. The Balaban J connectivity index is 1.03. The zero-order chi connectivity index (χ0) is 40.0. The van der Waals surface area contributed by atoms with Gasteiger partial charge in [0, 0.05) is 39.3 Å². The molecule has 1 saturated carbocycles. The number of aliphatic hydroxyl groups excluding tert-OH is 1. The molecule has 4 aromatic rings. The number of amides is 2. The molecule has 9 rings (SSSR count). The number of phenolic OH excluding ortho intramolecular Hbond substituents is 1. The lowest BCUT2D eigenvalue weighted by molar-refractivity contribution is -0.218. The number of nitrogens with zero attached hydrogens (tertiary/aromatic N) is 2. The fourth-order valence-electron chi connectivity index (χ4n) is 9.67. The van der Waals surface area contributed by atoms with E-state index in [2.05, 4.69) is 17.4 Å². The number of rotatable bonds is 12. The molecule has 4 aromatic carbocycles. The molecule has 3 heterocycles. The lowest BCUT2D eigenvalue weighted by Gasteiger charge is -2.50. The van der Waals surface area contributed by atoms with Gasteiger partial charge in [-0.05, 0) is 45.9 Å². The second-order valence-electron chi connectivity index (χ2n) is 16.0. The first-order valence-electron chi connectivity index (χ1n) is 20.0. The Morgan fingerprint density at radius 2 is 1.60 bits per heavy atom. The third kappa shape index (κ3) is 6.78. The van der Waals surface area contributed by atoms with E-state index in [1.165, 1.54) is 4.90 Å². The van der Waals surface area contributed by atoms with Crippen molar-refractivity contribution >= 4 is 23.9 Å². The minimum absolute atomic E-state index is 0.0262. The average Bonchev–Trinajstić information content (AvgIpc) is 3.91. The molecule has 3 N–H and O–H groups in total. The van der Waals surface area contributed by atoms with E-state index < -0.39 is 65.5 Å². The molecule has 7 atom stereocenters. The number of benzene rings is 4. The van der Waals surface area contributed by atoms with Gasteiger partial charge in [-0.3, -0.25) is 19.2 Å². The van der Waals surface area contributed by atoms with E-state index in [0.29, 0.717) is 19.3 Å². The van der Waals surface area contributed by atoms with Gasteiger partial charge in [0.25, 0.3) is 0 Å². The highest BCUT2D eigenvalue weighted by molar-refractivity contribution is 5.96. The largest absolute Gasteiger partial charge is 0.508 e. The number of hydrogen-bond acceptors (Lipinski definition) is 10. The van der Waals surface area contributed by atoms with Crippen molar-refractivity contribution in [3.63, 3.8) is 0 Å². The number of fused-ring (bicyclic) bond motifs is 5. The van der Waals surface area contributed by atoms with Crippen LogP contribution < -0.4 is 5.32 Å². The number of aliphatic hydroxyl groups is 1. The summed E-state index contributed by atoms with van der Waals surface area (Å²) in [5.41, 5.74) is 4.23. The van der Waals surface area contributed by atoms with E-state index >= 15 is 4.79 Å². The molecule has 3 saturated heterocycles. The Kier molecular flexibility index (Phi) is 10.1. The highest BCUT2D eigenvalue weighted by Gasteiger charge is 2.77. The smallest absolute Gasteiger partial charge is 0.327 e. The van der Waals surface area contributed by atoms with Gasteiger partial charge in [-0.15, -0.1) is 0 Å². The summed E-state index contributed by atoms with van der Waals surface area (Å²) in [4.78, 5) is 51.9. The molecule has 5 aliphatic rings. The summed E-state index contributed by atoms with van der Waals surface area (Å²) in [6.07, 6.45) is 2.76. The van der Waals surface area contributed by atoms with E-state index in [4.69, 9.17) is 19.0 Å². The summed E-state index contributed by atoms with van der Waals surface area (Å²) in [5.74, 6) is -2.18. The molecule has 12 heteroatoms. The number of nitrogens with one attached hydrogen (secondary N) is 1. The fourth-order valence-corrected chi connectivity index (χ4v) is 9.67. The Morgan fingerprint density at radius 3 is 2.33 bits per heavy atom. The summed E-state index contributed by atoms with van der Waals surface area (Å²) >= 11 is 0. The van der Waals surface area contributed by atoms with Crippen LogP contribution in [0.15, 0.2) is 109 Å². The number of ether oxygens (including phenoxy) is 3. The molecule has 4 fully saturated rings. The van der Waals surface area contributed by atoms with Gasteiger partial charge in [0.15, 0.2) is 11.8 Å². The molecular weight excluding hydrogens is 739 g/mol. The number of carbonyl (C=O) groups is 3. The predicted molar refractivity (Wildman–Crippen MR) is 212 cm³/mol. The number of likely N-dealkylation sites (N-methyl/N-ethyl adjacent to an activating group) is 1. The Morgan fingerprint density at radius 1 is 0.914 bits per heavy atom. The second kappa shape index (κ2) is 15.4. The number of para-hydroxylation sites is 1. The van der Waals surface area contributed by atoms with Crippen molar-refractivity contribution in [1.29, 1.82) is 0 Å². The number of phenols is 1. The number of aromatic hydroxyl groups is 1. The van der Waals surface area contributed by atoms with Gasteiger partial charge in [-0.25, -0.2) is 0 Å². The first kappa shape index (κ1) is 38.2. The Labute approximate surface area is 336 Å². The van der Waals surface area contributed by atoms with Crippen LogP contribution >= 0.6 is 0 Å². The summed E-state index contributed by atoms with van der Waals surface area (Å²) in [6, 6.07) is 30.5. The molecule has 0 unspecified atom stereocenters. The molecule has 12 nitrogen and oxygen atoms in total. The molecule has 2 aliphatic carbocycles. The number of carbonyl (C=O) groups excluding carboxylic acids is 3. The maximum atomic E-state index is 15.5. The summed E-state index contributed by atoms with van der Waals surface area (Å²) in [7, 11) is 1.60. The van der Waals surface area contributed by atoms with Crippen molar-refractivity contribution in [2.24, 2.45) is 5.41 Å². The highest BCUT2D eigenvalue weighted by Crippen LogP contribution is 2.59.